The molecule has 0 aliphatic rings. The normalized spacial score (nSPS) is 13.8. The third-order valence-electron chi connectivity index (χ3n) is 4.65. The number of methoxy groups -OCH3 is 1. The second-order valence-corrected chi connectivity index (χ2v) is 8.65. The zero-order valence-electron chi connectivity index (χ0n) is 18.2. The maximum absolute atomic E-state index is 6.03. The summed E-state index contributed by atoms with van der Waals surface area (Å²) in [5, 5.41) is 4.46. The molecular weight excluding hydrogens is 394 g/mol. The number of allylic oxidation sites excluding steroid dienone is 4. The minimum Gasteiger partial charge on any atom is -0.383 e. The topological polar surface area (TPSA) is 85.4 Å². The summed E-state index contributed by atoms with van der Waals surface area (Å²) in [6.07, 6.45) is 5.74. The van der Waals surface area contributed by atoms with Gasteiger partial charge in [-0.1, -0.05) is 17.7 Å². The summed E-state index contributed by atoms with van der Waals surface area (Å²) in [7, 11) is 1.70. The van der Waals surface area contributed by atoms with Crippen LogP contribution in [0.4, 0.5) is 5.82 Å². The smallest absolute Gasteiger partial charge is 0.144 e. The number of anilines is 1. The maximum Gasteiger partial charge on any atom is 0.144 e. The molecule has 0 aliphatic heterocycles. The Hall–Kier alpha value is -2.61. The van der Waals surface area contributed by atoms with Crippen LogP contribution < -0.4 is 11.1 Å². The highest BCUT2D eigenvalue weighted by atomic mass is 32.1. The molecule has 0 amide bonds. The van der Waals surface area contributed by atoms with E-state index in [4.69, 9.17) is 15.5 Å². The van der Waals surface area contributed by atoms with Crippen LogP contribution in [-0.4, -0.2) is 42.1 Å². The van der Waals surface area contributed by atoms with Gasteiger partial charge in [0.05, 0.1) is 29.2 Å². The number of nitrogens with one attached hydrogen (secondary N) is 1. The van der Waals surface area contributed by atoms with E-state index < -0.39 is 0 Å². The number of thiophene rings is 1. The van der Waals surface area contributed by atoms with E-state index in [1.165, 1.54) is 11.9 Å². The maximum atomic E-state index is 6.03. The number of hydrogen-bond acceptors (Lipinski definition) is 7. The molecule has 30 heavy (non-hydrogen) atoms. The molecule has 7 heteroatoms. The minimum absolute atomic E-state index is 0.252. The first-order valence-corrected chi connectivity index (χ1v) is 10.7. The minimum atomic E-state index is 0.252. The number of rotatable bonds is 8. The zero-order chi connectivity index (χ0) is 21.7. The molecule has 0 saturated heterocycles. The Balaban J connectivity index is 1.90. The van der Waals surface area contributed by atoms with Gasteiger partial charge in [0.1, 0.15) is 12.1 Å². The van der Waals surface area contributed by atoms with Gasteiger partial charge in [0.2, 0.25) is 0 Å². The molecule has 1 atom stereocenters. The van der Waals surface area contributed by atoms with Crippen LogP contribution in [0.5, 0.6) is 0 Å². The average molecular weight is 424 g/mol. The van der Waals surface area contributed by atoms with Crippen LogP contribution >= 0.6 is 11.3 Å². The number of nitrogens with zero attached hydrogens (tertiary/aromatic N) is 3. The predicted octanol–water partition coefficient (Wildman–Crippen LogP) is 4.82. The van der Waals surface area contributed by atoms with Crippen LogP contribution in [0.1, 0.15) is 33.3 Å². The standard InChI is InChI=1S/C23H29N5OS/c1-14(2)8-18(26-12-25-16(4)11-29-5)9-15(3)17-6-7-19-20(10-17)30-22-21(19)27-13-28-23(22)24/h6-10,13,16,25H,11-12H2,1-5H3,(H2,24,27,28)/b15-9+,26-18?. The molecule has 2 aromatic heterocycles. The van der Waals surface area contributed by atoms with Gasteiger partial charge in [-0.25, -0.2) is 9.97 Å². The number of benzene rings is 1. The van der Waals surface area contributed by atoms with Gasteiger partial charge in [-0.05, 0) is 57.0 Å². The van der Waals surface area contributed by atoms with Crippen LogP contribution in [0, 0.1) is 0 Å². The highest BCUT2D eigenvalue weighted by Crippen LogP contribution is 2.36. The lowest BCUT2D eigenvalue weighted by atomic mass is 10.0. The second kappa shape index (κ2) is 9.93. The molecule has 3 N–H and O–H groups in total. The molecular formula is C23H29N5OS. The van der Waals surface area contributed by atoms with Crippen LogP contribution in [0.25, 0.3) is 25.9 Å². The van der Waals surface area contributed by atoms with Crippen LogP contribution in [0.2, 0.25) is 0 Å². The first-order chi connectivity index (χ1) is 14.4. The van der Waals surface area contributed by atoms with Crippen molar-refractivity contribution in [3.8, 4) is 0 Å². The van der Waals surface area contributed by atoms with E-state index in [0.717, 1.165) is 37.2 Å². The summed E-state index contributed by atoms with van der Waals surface area (Å²) in [5.74, 6) is 0.531. The van der Waals surface area contributed by atoms with Gasteiger partial charge >= 0.3 is 0 Å². The summed E-state index contributed by atoms with van der Waals surface area (Å²) < 4.78 is 7.25. The molecule has 1 unspecified atom stereocenters. The van der Waals surface area contributed by atoms with Crippen LogP contribution in [0.3, 0.4) is 0 Å². The first-order valence-electron chi connectivity index (χ1n) is 9.92. The third kappa shape index (κ3) is 5.30. The van der Waals surface area contributed by atoms with E-state index in [1.807, 2.05) is 0 Å². The third-order valence-corrected chi connectivity index (χ3v) is 5.82. The highest BCUT2D eigenvalue weighted by molar-refractivity contribution is 7.26. The van der Waals surface area contributed by atoms with Crippen molar-refractivity contribution in [2.24, 2.45) is 4.99 Å². The molecule has 6 nitrogen and oxygen atoms in total. The number of aromatic nitrogens is 2. The Morgan fingerprint density at radius 1 is 1.27 bits per heavy atom. The fourth-order valence-corrected chi connectivity index (χ4v) is 4.27. The molecule has 0 aliphatic carbocycles. The lowest BCUT2D eigenvalue weighted by molar-refractivity contribution is 0.173. The Morgan fingerprint density at radius 2 is 2.07 bits per heavy atom. The largest absolute Gasteiger partial charge is 0.383 e. The van der Waals surface area contributed by atoms with Gasteiger partial charge in [0, 0.05) is 23.2 Å². The Labute approximate surface area is 181 Å². The molecule has 3 rings (SSSR count). The van der Waals surface area contributed by atoms with Crippen molar-refractivity contribution in [3.05, 3.63) is 47.8 Å². The van der Waals surface area contributed by atoms with Crippen molar-refractivity contribution in [2.75, 3.05) is 26.1 Å². The number of nitrogen functional groups attached to an aromatic ring is 1. The van der Waals surface area contributed by atoms with E-state index in [9.17, 15) is 0 Å². The molecule has 0 spiro atoms. The number of aliphatic imine (C=N–C) groups is 1. The Kier molecular flexibility index (Phi) is 7.31. The molecule has 3 aromatic rings. The van der Waals surface area contributed by atoms with Crippen molar-refractivity contribution in [1.29, 1.82) is 0 Å². The van der Waals surface area contributed by atoms with Gasteiger partial charge in [-0.2, -0.15) is 0 Å². The Morgan fingerprint density at radius 3 is 2.80 bits per heavy atom. The van der Waals surface area contributed by atoms with E-state index in [2.05, 4.69) is 73.3 Å². The van der Waals surface area contributed by atoms with Crippen LogP contribution in [0.15, 0.2) is 47.2 Å². The molecule has 2 heterocycles. The van der Waals surface area contributed by atoms with Gasteiger partial charge in [-0.3, -0.25) is 10.3 Å². The van der Waals surface area contributed by atoms with Crippen molar-refractivity contribution in [1.82, 2.24) is 15.3 Å². The number of hydrogen-bond donors (Lipinski definition) is 2. The molecule has 0 radical (unpaired) electrons. The van der Waals surface area contributed by atoms with Gasteiger partial charge < -0.3 is 10.5 Å². The fraction of sp³-hybridized carbons (Fsp3) is 0.348. The van der Waals surface area contributed by atoms with E-state index in [0.29, 0.717) is 19.1 Å². The monoisotopic (exact) mass is 423 g/mol. The van der Waals surface area contributed by atoms with Crippen LogP contribution in [-0.2, 0) is 4.74 Å². The van der Waals surface area contributed by atoms with Gasteiger partial charge in [0.25, 0.3) is 0 Å². The van der Waals surface area contributed by atoms with E-state index in [1.54, 1.807) is 18.4 Å². The Bertz CT molecular complexity index is 1130. The highest BCUT2D eigenvalue weighted by Gasteiger charge is 2.10. The van der Waals surface area contributed by atoms with Gasteiger partial charge in [0.15, 0.2) is 0 Å². The zero-order valence-corrected chi connectivity index (χ0v) is 19.0. The van der Waals surface area contributed by atoms with Crippen molar-refractivity contribution < 1.29 is 4.74 Å². The summed E-state index contributed by atoms with van der Waals surface area (Å²) in [4.78, 5) is 13.2. The SMILES string of the molecule is COCC(C)NCN=C(C=C(C)C)/C=C(\C)c1ccc2c(c1)sc1c(N)ncnc12. The molecule has 0 saturated carbocycles. The van der Waals surface area contributed by atoms with Gasteiger partial charge in [-0.15, -0.1) is 11.3 Å². The quantitative estimate of drug-likeness (QED) is 0.507. The van der Waals surface area contributed by atoms with Crippen molar-refractivity contribution in [3.63, 3.8) is 0 Å². The molecule has 0 fully saturated rings. The second-order valence-electron chi connectivity index (χ2n) is 7.60. The summed E-state index contributed by atoms with van der Waals surface area (Å²) in [5.41, 5.74) is 11.4. The average Bonchev–Trinajstić information content (AvgIpc) is 3.07. The summed E-state index contributed by atoms with van der Waals surface area (Å²) in [6, 6.07) is 6.67. The first kappa shape index (κ1) is 22.1. The lowest BCUT2D eigenvalue weighted by Crippen LogP contribution is -2.30. The summed E-state index contributed by atoms with van der Waals surface area (Å²) in [6.45, 7) is 9.55. The van der Waals surface area contributed by atoms with E-state index in [-0.39, 0.29) is 6.04 Å². The molecule has 0 bridgehead atoms. The summed E-state index contributed by atoms with van der Waals surface area (Å²) >= 11 is 1.63. The van der Waals surface area contributed by atoms with Crippen molar-refractivity contribution >= 4 is 48.7 Å². The fourth-order valence-electron chi connectivity index (χ4n) is 3.17. The molecule has 1 aromatic carbocycles. The number of nitrogens with two attached hydrogens (primary N) is 1. The molecule has 158 valence electrons. The lowest BCUT2D eigenvalue weighted by Gasteiger charge is -2.10. The number of fused-ring (bicyclic) bond motifs is 3. The van der Waals surface area contributed by atoms with Crippen molar-refractivity contribution in [2.45, 2.75) is 33.7 Å². The van der Waals surface area contributed by atoms with E-state index >= 15 is 0 Å². The predicted molar refractivity (Wildman–Crippen MR) is 129 cm³/mol. The number of ether oxygens (including phenoxy) is 1.